The monoisotopic (exact) mass is 333 g/mol. The number of aromatic nitrogens is 1. The number of carboxylic acids is 1. The van der Waals surface area contributed by atoms with Crippen LogP contribution in [0.5, 0.6) is 0 Å². The SMILES string of the molecule is CCn1cc(C(=O)O)c(=O)c2cc(F)cc(SCCN)c21.[Na]. The number of thioether (sulfide) groups is 1. The van der Waals surface area contributed by atoms with Gasteiger partial charge in [-0.3, -0.25) is 4.79 Å². The smallest absolute Gasteiger partial charge is 0.341 e. The largest absolute Gasteiger partial charge is 0.477 e. The minimum Gasteiger partial charge on any atom is -0.477 e. The molecule has 1 aromatic heterocycles. The van der Waals surface area contributed by atoms with Crippen molar-refractivity contribution >= 4 is 58.2 Å². The van der Waals surface area contributed by atoms with E-state index in [1.165, 1.54) is 24.0 Å². The van der Waals surface area contributed by atoms with Crippen LogP contribution in [0.4, 0.5) is 4.39 Å². The van der Waals surface area contributed by atoms with Crippen molar-refractivity contribution in [3.8, 4) is 0 Å². The molecule has 0 aliphatic carbocycles. The molecule has 5 nitrogen and oxygen atoms in total. The van der Waals surface area contributed by atoms with Crippen LogP contribution in [0.25, 0.3) is 10.9 Å². The summed E-state index contributed by atoms with van der Waals surface area (Å²) in [6.07, 6.45) is 1.30. The zero-order chi connectivity index (χ0) is 15.6. The molecule has 1 radical (unpaired) electrons. The predicted octanol–water partition coefficient (Wildman–Crippen LogP) is 1.53. The molecule has 0 saturated heterocycles. The van der Waals surface area contributed by atoms with Gasteiger partial charge in [0, 0.05) is 59.5 Å². The topological polar surface area (TPSA) is 85.3 Å². The molecule has 0 unspecified atom stereocenters. The maximum absolute atomic E-state index is 13.7. The molecular formula is C14H15FN2NaO3S. The minimum absolute atomic E-state index is 0. The standard InChI is InChI=1S/C14H15FN2O3S.Na/c1-2-17-7-10(14(19)20)13(18)9-5-8(15)6-11(12(9)17)21-4-3-16;/h5-7H,2-4,16H2,1H3,(H,19,20);. The Morgan fingerprint density at radius 1 is 1.45 bits per heavy atom. The molecule has 22 heavy (non-hydrogen) atoms. The number of fused-ring (bicyclic) bond motifs is 1. The van der Waals surface area contributed by atoms with Crippen LogP contribution in [0.2, 0.25) is 0 Å². The molecule has 1 aromatic carbocycles. The number of aromatic carboxylic acids is 1. The minimum atomic E-state index is -1.32. The Hall–Kier alpha value is -0.860. The van der Waals surface area contributed by atoms with Gasteiger partial charge >= 0.3 is 5.97 Å². The van der Waals surface area contributed by atoms with Gasteiger partial charge < -0.3 is 15.4 Å². The zero-order valence-electron chi connectivity index (χ0n) is 12.4. The van der Waals surface area contributed by atoms with Crippen LogP contribution in [-0.4, -0.2) is 57.5 Å². The first-order valence-corrected chi connectivity index (χ1v) is 7.41. The van der Waals surface area contributed by atoms with E-state index in [9.17, 15) is 14.0 Å². The van der Waals surface area contributed by atoms with E-state index in [0.29, 0.717) is 29.3 Å². The van der Waals surface area contributed by atoms with Gasteiger partial charge in [0.15, 0.2) is 0 Å². The van der Waals surface area contributed by atoms with E-state index in [1.807, 2.05) is 6.92 Å². The van der Waals surface area contributed by atoms with Crippen molar-refractivity contribution in [3.05, 3.63) is 39.9 Å². The van der Waals surface area contributed by atoms with E-state index in [2.05, 4.69) is 0 Å². The normalized spacial score (nSPS) is 10.5. The molecule has 2 rings (SSSR count). The Bertz CT molecular complexity index is 764. The van der Waals surface area contributed by atoms with Crippen molar-refractivity contribution in [2.24, 2.45) is 5.73 Å². The van der Waals surface area contributed by atoms with Crippen molar-refractivity contribution in [1.29, 1.82) is 0 Å². The summed E-state index contributed by atoms with van der Waals surface area (Å²) in [6, 6.07) is 2.43. The third kappa shape index (κ3) is 3.72. The quantitative estimate of drug-likeness (QED) is 0.640. The maximum atomic E-state index is 13.7. The number of nitrogens with two attached hydrogens (primary N) is 1. The number of hydrogen-bond acceptors (Lipinski definition) is 4. The molecule has 0 aliphatic rings. The molecule has 113 valence electrons. The van der Waals surface area contributed by atoms with Crippen molar-refractivity contribution in [2.45, 2.75) is 18.4 Å². The van der Waals surface area contributed by atoms with Crippen LogP contribution in [-0.2, 0) is 6.54 Å². The van der Waals surface area contributed by atoms with E-state index in [1.54, 1.807) is 4.57 Å². The van der Waals surface area contributed by atoms with Gasteiger partial charge in [0.1, 0.15) is 11.4 Å². The molecule has 0 amide bonds. The van der Waals surface area contributed by atoms with Crippen LogP contribution in [0.3, 0.4) is 0 Å². The summed E-state index contributed by atoms with van der Waals surface area (Å²) in [5.41, 5.74) is 4.98. The van der Waals surface area contributed by atoms with Crippen LogP contribution in [0.15, 0.2) is 28.0 Å². The molecule has 0 aliphatic heterocycles. The van der Waals surface area contributed by atoms with Crippen molar-refractivity contribution in [3.63, 3.8) is 0 Å². The molecule has 8 heteroatoms. The van der Waals surface area contributed by atoms with E-state index in [-0.39, 0.29) is 40.5 Å². The molecule has 2 aromatic rings. The molecule has 0 spiro atoms. The third-order valence-corrected chi connectivity index (χ3v) is 4.11. The molecular weight excluding hydrogens is 318 g/mol. The van der Waals surface area contributed by atoms with E-state index in [4.69, 9.17) is 10.8 Å². The Balaban J connectivity index is 0.00000242. The molecule has 0 fully saturated rings. The summed E-state index contributed by atoms with van der Waals surface area (Å²) >= 11 is 1.34. The molecule has 0 atom stereocenters. The van der Waals surface area contributed by atoms with E-state index in [0.717, 1.165) is 6.07 Å². The molecule has 0 saturated carbocycles. The first-order valence-electron chi connectivity index (χ1n) is 6.42. The summed E-state index contributed by atoms with van der Waals surface area (Å²) in [5, 5.41) is 9.18. The van der Waals surface area contributed by atoms with Gasteiger partial charge in [-0.1, -0.05) is 0 Å². The fourth-order valence-corrected chi connectivity index (χ4v) is 3.05. The van der Waals surface area contributed by atoms with Crippen LogP contribution < -0.4 is 11.2 Å². The average molecular weight is 333 g/mol. The number of benzene rings is 1. The van der Waals surface area contributed by atoms with Crippen molar-refractivity contribution < 1.29 is 14.3 Å². The van der Waals surface area contributed by atoms with Gasteiger partial charge in [-0.25, -0.2) is 9.18 Å². The maximum Gasteiger partial charge on any atom is 0.341 e. The summed E-state index contributed by atoms with van der Waals surface area (Å²) < 4.78 is 15.4. The van der Waals surface area contributed by atoms with Gasteiger partial charge in [0.25, 0.3) is 0 Å². The number of hydrogen-bond donors (Lipinski definition) is 2. The number of halogens is 1. The number of nitrogens with zero attached hydrogens (tertiary/aromatic N) is 1. The van der Waals surface area contributed by atoms with Gasteiger partial charge in [0.2, 0.25) is 5.43 Å². The number of pyridine rings is 1. The first kappa shape index (κ1) is 19.2. The third-order valence-electron chi connectivity index (χ3n) is 3.05. The number of rotatable bonds is 5. The second-order valence-electron chi connectivity index (χ2n) is 4.40. The van der Waals surface area contributed by atoms with E-state index >= 15 is 0 Å². The van der Waals surface area contributed by atoms with Crippen LogP contribution >= 0.6 is 11.8 Å². The molecule has 1 heterocycles. The van der Waals surface area contributed by atoms with Gasteiger partial charge in [0.05, 0.1) is 10.9 Å². The van der Waals surface area contributed by atoms with Gasteiger partial charge in [-0.05, 0) is 19.1 Å². The van der Waals surface area contributed by atoms with Crippen LogP contribution in [0.1, 0.15) is 17.3 Å². The van der Waals surface area contributed by atoms with Gasteiger partial charge in [-0.2, -0.15) is 0 Å². The average Bonchev–Trinajstić information content (AvgIpc) is 2.45. The molecule has 0 bridgehead atoms. The number of carbonyl (C=O) groups is 1. The van der Waals surface area contributed by atoms with Crippen molar-refractivity contribution in [1.82, 2.24) is 4.57 Å². The van der Waals surface area contributed by atoms with Gasteiger partial charge in [-0.15, -0.1) is 11.8 Å². The number of aryl methyl sites for hydroxylation is 1. The Labute approximate surface area is 153 Å². The van der Waals surface area contributed by atoms with E-state index < -0.39 is 17.2 Å². The number of carboxylic acid groups (broad SMARTS) is 1. The molecule has 3 N–H and O–H groups in total. The second-order valence-corrected chi connectivity index (χ2v) is 5.54. The van der Waals surface area contributed by atoms with Crippen LogP contribution in [0, 0.1) is 5.82 Å². The summed E-state index contributed by atoms with van der Waals surface area (Å²) in [7, 11) is 0. The summed E-state index contributed by atoms with van der Waals surface area (Å²) in [4.78, 5) is 24.0. The Kier molecular flexibility index (Phi) is 7.08. The summed E-state index contributed by atoms with van der Waals surface area (Å²) in [5.74, 6) is -1.30. The second kappa shape index (κ2) is 8.12. The fraction of sp³-hybridized carbons (Fsp3) is 0.286. The zero-order valence-corrected chi connectivity index (χ0v) is 15.2. The Morgan fingerprint density at radius 3 is 2.68 bits per heavy atom. The fourth-order valence-electron chi connectivity index (χ4n) is 2.15. The summed E-state index contributed by atoms with van der Waals surface area (Å²) in [6.45, 7) is 2.72. The predicted molar refractivity (Wildman–Crippen MR) is 86.3 cm³/mol. The Morgan fingerprint density at radius 2 is 2.14 bits per heavy atom. The van der Waals surface area contributed by atoms with Crippen molar-refractivity contribution in [2.75, 3.05) is 12.3 Å². The first-order chi connectivity index (χ1) is 9.99.